The van der Waals surface area contributed by atoms with Gasteiger partial charge in [-0.15, -0.1) is 0 Å². The van der Waals surface area contributed by atoms with Crippen LogP contribution in [0.3, 0.4) is 0 Å². The number of alkyl halides is 1. The molecule has 0 saturated carbocycles. The molecule has 2 aromatic carbocycles. The minimum atomic E-state index is -0.438. The fourth-order valence-electron chi connectivity index (χ4n) is 1.70. The van der Waals surface area contributed by atoms with Gasteiger partial charge in [-0.3, -0.25) is 0 Å². The third-order valence-electron chi connectivity index (χ3n) is 2.72. The van der Waals surface area contributed by atoms with Gasteiger partial charge in [-0.1, -0.05) is 15.9 Å². The highest BCUT2D eigenvalue weighted by Gasteiger charge is 2.08. The van der Waals surface area contributed by atoms with E-state index in [2.05, 4.69) is 15.9 Å². The smallest absolute Gasteiger partial charge is 0.129 e. The molecule has 0 unspecified atom stereocenters. The minimum absolute atomic E-state index is 0.0208. The summed E-state index contributed by atoms with van der Waals surface area (Å²) in [6, 6.07) is 10.1. The molecule has 102 valence electrons. The van der Waals surface area contributed by atoms with E-state index in [4.69, 9.17) is 10.00 Å². The molecule has 0 aliphatic carbocycles. The fraction of sp³-hybridized carbons (Fsp3) is 0.133. The van der Waals surface area contributed by atoms with Crippen LogP contribution in [0, 0.1) is 23.0 Å². The monoisotopic (exact) mass is 337 g/mol. The van der Waals surface area contributed by atoms with Gasteiger partial charge in [0, 0.05) is 16.5 Å². The van der Waals surface area contributed by atoms with Crippen LogP contribution in [-0.4, -0.2) is 0 Å². The van der Waals surface area contributed by atoms with Gasteiger partial charge >= 0.3 is 0 Å². The van der Waals surface area contributed by atoms with Crippen molar-refractivity contribution in [3.05, 3.63) is 64.7 Å². The number of hydrogen-bond acceptors (Lipinski definition) is 2. The maximum absolute atomic E-state index is 13.6. The maximum atomic E-state index is 13.6. The van der Waals surface area contributed by atoms with Gasteiger partial charge in [0.2, 0.25) is 0 Å². The quantitative estimate of drug-likeness (QED) is 0.779. The summed E-state index contributed by atoms with van der Waals surface area (Å²) in [5.74, 6) is -0.319. The van der Waals surface area contributed by atoms with Gasteiger partial charge < -0.3 is 4.74 Å². The lowest BCUT2D eigenvalue weighted by Gasteiger charge is -2.11. The highest BCUT2D eigenvalue weighted by atomic mass is 79.9. The molecule has 0 aliphatic rings. The Morgan fingerprint density at radius 2 is 1.90 bits per heavy atom. The molecule has 0 aliphatic heterocycles. The van der Waals surface area contributed by atoms with Gasteiger partial charge in [0.25, 0.3) is 0 Å². The summed E-state index contributed by atoms with van der Waals surface area (Å²) in [5, 5.41) is 9.22. The molecule has 20 heavy (non-hydrogen) atoms. The van der Waals surface area contributed by atoms with E-state index < -0.39 is 5.82 Å². The summed E-state index contributed by atoms with van der Waals surface area (Å²) in [4.78, 5) is 0. The Bertz CT molecular complexity index is 667. The molecule has 2 nitrogen and oxygen atoms in total. The van der Waals surface area contributed by atoms with E-state index in [9.17, 15) is 8.78 Å². The summed E-state index contributed by atoms with van der Waals surface area (Å²) in [7, 11) is 0. The highest BCUT2D eigenvalue weighted by molar-refractivity contribution is 9.08. The predicted molar refractivity (Wildman–Crippen MR) is 74.5 cm³/mol. The second kappa shape index (κ2) is 6.49. The number of hydrogen-bond donors (Lipinski definition) is 0. The van der Waals surface area contributed by atoms with Crippen molar-refractivity contribution in [3.63, 3.8) is 0 Å². The van der Waals surface area contributed by atoms with Crippen molar-refractivity contribution in [2.24, 2.45) is 0 Å². The Morgan fingerprint density at radius 1 is 1.10 bits per heavy atom. The summed E-state index contributed by atoms with van der Waals surface area (Å²) in [6.07, 6.45) is 0. The zero-order chi connectivity index (χ0) is 14.5. The molecule has 0 bridgehead atoms. The second-order valence-corrected chi connectivity index (χ2v) is 4.65. The van der Waals surface area contributed by atoms with Crippen LogP contribution in [0.2, 0.25) is 0 Å². The molecule has 2 rings (SSSR count). The Morgan fingerprint density at radius 3 is 2.60 bits per heavy atom. The van der Waals surface area contributed by atoms with Crippen LogP contribution in [-0.2, 0) is 11.9 Å². The Balaban J connectivity index is 2.19. The number of nitriles is 1. The molecule has 0 heterocycles. The molecule has 5 heteroatoms. The van der Waals surface area contributed by atoms with Crippen molar-refractivity contribution in [3.8, 4) is 11.8 Å². The van der Waals surface area contributed by atoms with Crippen LogP contribution in [0.5, 0.6) is 5.75 Å². The summed E-state index contributed by atoms with van der Waals surface area (Å²) in [5.41, 5.74) is 1.29. The van der Waals surface area contributed by atoms with E-state index in [-0.39, 0.29) is 18.0 Å². The largest absolute Gasteiger partial charge is 0.488 e. The standard InChI is InChI=1S/C15H10BrF2NO/c16-7-11-6-13(17)2-4-15(11)20-9-12-5-10(8-19)1-3-14(12)18/h1-6H,7,9H2. The molecule has 0 N–H and O–H groups in total. The van der Waals surface area contributed by atoms with Crippen molar-refractivity contribution in [1.29, 1.82) is 5.26 Å². The first-order chi connectivity index (χ1) is 9.63. The van der Waals surface area contributed by atoms with Crippen LogP contribution in [0.4, 0.5) is 8.78 Å². The SMILES string of the molecule is N#Cc1ccc(F)c(COc2ccc(F)cc2CBr)c1. The average molecular weight is 338 g/mol. The number of rotatable bonds is 4. The number of benzene rings is 2. The van der Waals surface area contributed by atoms with Gasteiger partial charge in [0.15, 0.2) is 0 Å². The Labute approximate surface area is 123 Å². The van der Waals surface area contributed by atoms with Crippen LogP contribution < -0.4 is 4.74 Å². The third kappa shape index (κ3) is 3.34. The Hall–Kier alpha value is -1.93. The lowest BCUT2D eigenvalue weighted by Crippen LogP contribution is -2.01. The van der Waals surface area contributed by atoms with Crippen LogP contribution in [0.1, 0.15) is 16.7 Å². The van der Waals surface area contributed by atoms with E-state index in [0.717, 1.165) is 0 Å². The van der Waals surface area contributed by atoms with Crippen molar-refractivity contribution in [2.75, 3.05) is 0 Å². The highest BCUT2D eigenvalue weighted by Crippen LogP contribution is 2.23. The van der Waals surface area contributed by atoms with E-state index in [1.165, 1.54) is 36.4 Å². The van der Waals surface area contributed by atoms with Crippen LogP contribution in [0.25, 0.3) is 0 Å². The molecule has 0 fully saturated rings. The molecule has 0 spiro atoms. The fourth-order valence-corrected chi connectivity index (χ4v) is 2.14. The Kier molecular flexibility index (Phi) is 4.70. The average Bonchev–Trinajstić information content (AvgIpc) is 2.47. The maximum Gasteiger partial charge on any atom is 0.129 e. The molecule has 2 aromatic rings. The first-order valence-electron chi connectivity index (χ1n) is 5.79. The normalized spacial score (nSPS) is 10.1. The molecular formula is C15H10BrF2NO. The van der Waals surface area contributed by atoms with Crippen LogP contribution >= 0.6 is 15.9 Å². The second-order valence-electron chi connectivity index (χ2n) is 4.09. The minimum Gasteiger partial charge on any atom is -0.488 e. The van der Waals surface area contributed by atoms with E-state index in [1.54, 1.807) is 0 Å². The summed E-state index contributed by atoms with van der Waals surface area (Å²) >= 11 is 3.24. The van der Waals surface area contributed by atoms with Crippen molar-refractivity contribution >= 4 is 15.9 Å². The van der Waals surface area contributed by atoms with Gasteiger partial charge in [-0.2, -0.15) is 5.26 Å². The number of halogens is 3. The lowest BCUT2D eigenvalue weighted by atomic mass is 10.1. The van der Waals surface area contributed by atoms with Crippen LogP contribution in [0.15, 0.2) is 36.4 Å². The molecule has 0 amide bonds. The first kappa shape index (κ1) is 14.5. The molecule has 0 aromatic heterocycles. The number of nitrogens with zero attached hydrogens (tertiary/aromatic N) is 1. The van der Waals surface area contributed by atoms with Gasteiger partial charge in [-0.05, 0) is 36.4 Å². The zero-order valence-electron chi connectivity index (χ0n) is 10.4. The predicted octanol–water partition coefficient (Wildman–Crippen LogP) is 4.31. The molecule has 0 radical (unpaired) electrons. The molecular weight excluding hydrogens is 328 g/mol. The molecule has 0 saturated heterocycles. The van der Waals surface area contributed by atoms with E-state index in [0.29, 0.717) is 22.2 Å². The summed E-state index contributed by atoms with van der Waals surface area (Å²) < 4.78 is 32.2. The van der Waals surface area contributed by atoms with Gasteiger partial charge in [0.1, 0.15) is 24.0 Å². The summed E-state index contributed by atoms with van der Waals surface area (Å²) in [6.45, 7) is -0.0208. The van der Waals surface area contributed by atoms with Crippen molar-refractivity contribution in [1.82, 2.24) is 0 Å². The zero-order valence-corrected chi connectivity index (χ0v) is 12.0. The van der Waals surface area contributed by atoms with Gasteiger partial charge in [0.05, 0.1) is 11.6 Å². The number of ether oxygens (including phenoxy) is 1. The molecule has 0 atom stereocenters. The van der Waals surface area contributed by atoms with E-state index in [1.807, 2.05) is 6.07 Å². The van der Waals surface area contributed by atoms with Gasteiger partial charge in [-0.25, -0.2) is 8.78 Å². The van der Waals surface area contributed by atoms with Crippen molar-refractivity contribution in [2.45, 2.75) is 11.9 Å². The third-order valence-corrected chi connectivity index (χ3v) is 3.33. The first-order valence-corrected chi connectivity index (χ1v) is 6.92. The van der Waals surface area contributed by atoms with Crippen molar-refractivity contribution < 1.29 is 13.5 Å². The lowest BCUT2D eigenvalue weighted by molar-refractivity contribution is 0.297. The van der Waals surface area contributed by atoms with E-state index >= 15 is 0 Å². The topological polar surface area (TPSA) is 33.0 Å².